The third-order valence-electron chi connectivity index (χ3n) is 6.41. The maximum absolute atomic E-state index is 14.9. The van der Waals surface area contributed by atoms with Crippen LogP contribution in [-0.2, 0) is 14.8 Å². The first-order valence-electron chi connectivity index (χ1n) is 12.4. The Kier molecular flexibility index (Phi) is 8.79. The van der Waals surface area contributed by atoms with Crippen LogP contribution in [0.4, 0.5) is 10.1 Å². The van der Waals surface area contributed by atoms with Crippen molar-refractivity contribution in [3.05, 3.63) is 59.9 Å². The molecule has 1 atom stereocenters. The fourth-order valence-corrected chi connectivity index (χ4v) is 5.52. The van der Waals surface area contributed by atoms with Crippen LogP contribution in [0.1, 0.15) is 29.6 Å². The fraction of sp³-hybridized carbons (Fsp3) is 0.400. The highest BCUT2D eigenvalue weighted by Crippen LogP contribution is 2.23. The van der Waals surface area contributed by atoms with Crippen molar-refractivity contribution in [2.45, 2.75) is 36.2 Å². The summed E-state index contributed by atoms with van der Waals surface area (Å²) in [4.78, 5) is 30.6. The average molecular weight is 547 g/mol. The van der Waals surface area contributed by atoms with Crippen LogP contribution in [0.25, 0.3) is 0 Å². The monoisotopic (exact) mass is 546 g/mol. The minimum Gasteiger partial charge on any atom is -0.480 e. The van der Waals surface area contributed by atoms with Crippen molar-refractivity contribution >= 4 is 33.5 Å². The first-order chi connectivity index (χ1) is 18.2. The molecule has 4 rings (SSSR count). The average Bonchev–Trinajstić information content (AvgIpc) is 2.92. The molecule has 1 unspecified atom stereocenters. The van der Waals surface area contributed by atoms with Gasteiger partial charge in [-0.15, -0.1) is 0 Å². The Morgan fingerprint density at radius 1 is 1.16 bits per heavy atom. The number of carbonyl (C=O) groups is 2. The number of nitrogens with one attached hydrogen (secondary N) is 4. The molecule has 11 nitrogen and oxygen atoms in total. The zero-order valence-electron chi connectivity index (χ0n) is 20.7. The van der Waals surface area contributed by atoms with Crippen LogP contribution in [0.5, 0.6) is 0 Å². The molecule has 13 heteroatoms. The summed E-state index contributed by atoms with van der Waals surface area (Å²) < 4.78 is 41.8. The number of guanidine groups is 1. The van der Waals surface area contributed by atoms with Gasteiger partial charge in [0.25, 0.3) is 5.91 Å². The lowest BCUT2D eigenvalue weighted by molar-refractivity contribution is -0.138. The van der Waals surface area contributed by atoms with Gasteiger partial charge in [-0.1, -0.05) is 18.2 Å². The third kappa shape index (κ3) is 6.98. The number of anilines is 1. The third-order valence-corrected chi connectivity index (χ3v) is 7.90. The Bertz CT molecular complexity index is 1280. The number of carboxylic acids is 1. The van der Waals surface area contributed by atoms with Crippen molar-refractivity contribution in [3.8, 4) is 0 Å². The predicted molar refractivity (Wildman–Crippen MR) is 140 cm³/mol. The molecule has 1 amide bonds. The van der Waals surface area contributed by atoms with Gasteiger partial charge in [-0.2, -0.15) is 4.72 Å². The lowest BCUT2D eigenvalue weighted by atomic mass is 10.0. The number of rotatable bonds is 9. The molecule has 2 aromatic carbocycles. The van der Waals surface area contributed by atoms with Crippen LogP contribution in [0.3, 0.4) is 0 Å². The van der Waals surface area contributed by atoms with Crippen molar-refractivity contribution in [2.24, 2.45) is 4.99 Å². The number of carboxylic acid groups (broad SMARTS) is 1. The molecule has 1 fully saturated rings. The minimum atomic E-state index is -4.13. The van der Waals surface area contributed by atoms with E-state index in [1.54, 1.807) is 12.1 Å². The Morgan fingerprint density at radius 2 is 1.89 bits per heavy atom. The number of piperidine rings is 1. The maximum atomic E-state index is 14.9. The van der Waals surface area contributed by atoms with Crippen molar-refractivity contribution in [1.29, 1.82) is 0 Å². The molecule has 0 aliphatic carbocycles. The molecule has 0 spiro atoms. The number of hydrogen-bond acceptors (Lipinski definition) is 8. The Balaban J connectivity index is 1.32. The summed E-state index contributed by atoms with van der Waals surface area (Å²) in [7, 11) is -4.13. The topological polar surface area (TPSA) is 152 Å². The maximum Gasteiger partial charge on any atom is 0.323 e. The number of amides is 1. The SMILES string of the molecule is O=C(NCC(NS(=O)(=O)c1ccccc1)C(=O)O)c1ccc(N2CCC(NC3=NCCCN3)CC2)cc1F. The molecule has 2 aliphatic heterocycles. The Labute approximate surface area is 220 Å². The van der Waals surface area contributed by atoms with Crippen molar-refractivity contribution in [3.63, 3.8) is 0 Å². The zero-order valence-corrected chi connectivity index (χ0v) is 21.5. The first-order valence-corrected chi connectivity index (χ1v) is 13.9. The van der Waals surface area contributed by atoms with E-state index < -0.39 is 40.3 Å². The molecule has 0 aromatic heterocycles. The van der Waals surface area contributed by atoms with E-state index in [0.29, 0.717) is 18.8 Å². The van der Waals surface area contributed by atoms with Gasteiger partial charge in [0.2, 0.25) is 10.0 Å². The number of nitrogens with zero attached hydrogens (tertiary/aromatic N) is 2. The summed E-state index contributed by atoms with van der Waals surface area (Å²) in [6, 6.07) is 10.2. The van der Waals surface area contributed by atoms with Gasteiger partial charge in [-0.25, -0.2) is 12.8 Å². The van der Waals surface area contributed by atoms with E-state index in [-0.39, 0.29) is 16.5 Å². The van der Waals surface area contributed by atoms with Gasteiger partial charge < -0.3 is 26.0 Å². The summed E-state index contributed by atoms with van der Waals surface area (Å²) in [6.07, 6.45) is 2.72. The molecule has 2 aliphatic rings. The quantitative estimate of drug-likeness (QED) is 0.311. The highest BCUT2D eigenvalue weighted by atomic mass is 32.2. The van der Waals surface area contributed by atoms with Crippen LogP contribution in [-0.4, -0.2) is 76.2 Å². The van der Waals surface area contributed by atoms with E-state index in [9.17, 15) is 27.5 Å². The highest BCUT2D eigenvalue weighted by molar-refractivity contribution is 7.89. The second kappa shape index (κ2) is 12.2. The van der Waals surface area contributed by atoms with Crippen LogP contribution in [0.15, 0.2) is 58.4 Å². The summed E-state index contributed by atoms with van der Waals surface area (Å²) in [6.45, 7) is 2.56. The number of benzene rings is 2. The van der Waals surface area contributed by atoms with E-state index in [0.717, 1.165) is 38.3 Å². The van der Waals surface area contributed by atoms with E-state index in [1.165, 1.54) is 36.4 Å². The van der Waals surface area contributed by atoms with Gasteiger partial charge >= 0.3 is 5.97 Å². The molecule has 38 heavy (non-hydrogen) atoms. The number of halogens is 1. The molecule has 2 heterocycles. The van der Waals surface area contributed by atoms with E-state index in [2.05, 4.69) is 25.7 Å². The van der Waals surface area contributed by atoms with E-state index in [4.69, 9.17) is 0 Å². The first kappa shape index (κ1) is 27.3. The van der Waals surface area contributed by atoms with Gasteiger partial charge in [0.05, 0.1) is 10.5 Å². The lowest BCUT2D eigenvalue weighted by Gasteiger charge is -2.35. The standard InChI is InChI=1S/C25H31FN6O5S/c26-21-15-18(32-13-9-17(10-14-32)30-25-27-11-4-12-28-25)7-8-20(21)23(33)29-16-22(24(34)35)31-38(36,37)19-5-2-1-3-6-19/h1-3,5-8,15,17,22,31H,4,9-14,16H2,(H,29,33)(H,34,35)(H2,27,28,30). The van der Waals surface area contributed by atoms with Gasteiger partial charge in [-0.05, 0) is 49.6 Å². The van der Waals surface area contributed by atoms with Gasteiger partial charge in [0.1, 0.15) is 11.9 Å². The van der Waals surface area contributed by atoms with Crippen LogP contribution < -0.4 is 25.6 Å². The van der Waals surface area contributed by atoms with Crippen molar-refractivity contribution in [2.75, 3.05) is 37.6 Å². The molecule has 204 valence electrons. The zero-order chi connectivity index (χ0) is 27.1. The summed E-state index contributed by atoms with van der Waals surface area (Å²) >= 11 is 0. The Hall–Kier alpha value is -3.71. The number of carbonyl (C=O) groups excluding carboxylic acids is 1. The largest absolute Gasteiger partial charge is 0.480 e. The predicted octanol–water partition coefficient (Wildman–Crippen LogP) is 0.895. The molecule has 2 aromatic rings. The highest BCUT2D eigenvalue weighted by Gasteiger charge is 2.27. The molecule has 5 N–H and O–H groups in total. The van der Waals surface area contributed by atoms with Crippen molar-refractivity contribution < 1.29 is 27.5 Å². The molecular formula is C25H31FN6O5S. The summed E-state index contributed by atoms with van der Waals surface area (Å²) in [5.41, 5.74) is 0.381. The van der Waals surface area contributed by atoms with E-state index in [1.807, 2.05) is 4.90 Å². The lowest BCUT2D eigenvalue weighted by Crippen LogP contribution is -2.50. The fourth-order valence-electron chi connectivity index (χ4n) is 4.31. The van der Waals surface area contributed by atoms with Crippen LogP contribution in [0.2, 0.25) is 0 Å². The smallest absolute Gasteiger partial charge is 0.323 e. The summed E-state index contributed by atoms with van der Waals surface area (Å²) in [5.74, 6) is -2.25. The van der Waals surface area contributed by atoms with Gasteiger partial charge in [0.15, 0.2) is 5.96 Å². The van der Waals surface area contributed by atoms with Gasteiger partial charge in [0, 0.05) is 44.5 Å². The second-order valence-corrected chi connectivity index (χ2v) is 10.8. The summed E-state index contributed by atoms with van der Waals surface area (Å²) in [5, 5.41) is 18.4. The van der Waals surface area contributed by atoms with Crippen LogP contribution in [0, 0.1) is 5.82 Å². The molecule has 0 saturated carbocycles. The second-order valence-electron chi connectivity index (χ2n) is 9.12. The normalized spacial score (nSPS) is 17.2. The number of hydrogen-bond donors (Lipinski definition) is 5. The number of aliphatic carboxylic acids is 1. The Morgan fingerprint density at radius 3 is 2.53 bits per heavy atom. The van der Waals surface area contributed by atoms with Crippen LogP contribution >= 0.6 is 0 Å². The van der Waals surface area contributed by atoms with Gasteiger partial charge in [-0.3, -0.25) is 14.6 Å². The molecule has 0 radical (unpaired) electrons. The number of sulfonamides is 1. The molecular weight excluding hydrogens is 515 g/mol. The van der Waals surface area contributed by atoms with Crippen molar-refractivity contribution in [1.82, 2.24) is 20.7 Å². The molecule has 1 saturated heterocycles. The number of aliphatic imine (C=N–C) groups is 1. The molecule has 0 bridgehead atoms. The van der Waals surface area contributed by atoms with E-state index >= 15 is 0 Å². The minimum absolute atomic E-state index is 0.113.